The van der Waals surface area contributed by atoms with Crippen molar-refractivity contribution >= 4 is 29.5 Å². The van der Waals surface area contributed by atoms with E-state index in [1.54, 1.807) is 24.3 Å². The maximum Gasteiger partial charge on any atom is 0.269 e. The van der Waals surface area contributed by atoms with Crippen LogP contribution < -0.4 is 16.2 Å². The lowest BCUT2D eigenvalue weighted by Crippen LogP contribution is -2.40. The molecule has 1 aliphatic carbocycles. The smallest absolute Gasteiger partial charge is 0.269 e. The first kappa shape index (κ1) is 18.3. The Balaban J connectivity index is 1.47. The average molecular weight is 367 g/mol. The maximum atomic E-state index is 12.8. The number of rotatable bonds is 5. The van der Waals surface area contributed by atoms with Crippen molar-refractivity contribution in [2.24, 2.45) is 5.92 Å². The van der Waals surface area contributed by atoms with Crippen molar-refractivity contribution < 1.29 is 18.8 Å². The molecule has 7 heteroatoms. The Kier molecular flexibility index (Phi) is 5.61. The molecular weight excluding hydrogens is 349 g/mol. The van der Waals surface area contributed by atoms with Crippen molar-refractivity contribution in [3.8, 4) is 0 Å². The summed E-state index contributed by atoms with van der Waals surface area (Å²) in [4.78, 5) is 35.5. The SMILES string of the molecule is O=C(C=Cc1ccc(F)cc1)NNC(=O)c1ccc(NC(=O)C2CC2)cc1. The van der Waals surface area contributed by atoms with Gasteiger partial charge in [0.05, 0.1) is 0 Å². The van der Waals surface area contributed by atoms with E-state index in [1.807, 2.05) is 0 Å². The molecule has 0 aromatic heterocycles. The van der Waals surface area contributed by atoms with Gasteiger partial charge in [-0.15, -0.1) is 0 Å². The molecule has 2 aromatic carbocycles. The highest BCUT2D eigenvalue weighted by Gasteiger charge is 2.29. The van der Waals surface area contributed by atoms with Gasteiger partial charge < -0.3 is 5.32 Å². The molecule has 3 rings (SSSR count). The second-order valence-electron chi connectivity index (χ2n) is 6.17. The van der Waals surface area contributed by atoms with Crippen molar-refractivity contribution in [1.82, 2.24) is 10.9 Å². The zero-order chi connectivity index (χ0) is 19.2. The molecule has 2 aromatic rings. The largest absolute Gasteiger partial charge is 0.326 e. The third-order valence-electron chi connectivity index (χ3n) is 3.96. The number of hydrogen-bond donors (Lipinski definition) is 3. The van der Waals surface area contributed by atoms with E-state index in [1.165, 1.54) is 36.4 Å². The van der Waals surface area contributed by atoms with Gasteiger partial charge in [0.2, 0.25) is 5.91 Å². The van der Waals surface area contributed by atoms with E-state index < -0.39 is 11.8 Å². The fourth-order valence-electron chi connectivity index (χ4n) is 2.27. The topological polar surface area (TPSA) is 87.3 Å². The standard InChI is InChI=1S/C20H18FN3O3/c21-16-8-1-13(2-9-16)3-12-18(25)23-24-20(27)15-6-10-17(11-7-15)22-19(26)14-4-5-14/h1-3,6-12,14H,4-5H2,(H,22,26)(H,23,25)(H,24,27). The Morgan fingerprint density at radius 3 is 2.22 bits per heavy atom. The summed E-state index contributed by atoms with van der Waals surface area (Å²) in [6.07, 6.45) is 4.56. The van der Waals surface area contributed by atoms with Gasteiger partial charge in [0.1, 0.15) is 5.82 Å². The lowest BCUT2D eigenvalue weighted by molar-refractivity contribution is -0.118. The van der Waals surface area contributed by atoms with Crippen LogP contribution in [0.25, 0.3) is 6.08 Å². The van der Waals surface area contributed by atoms with Crippen molar-refractivity contribution in [3.05, 3.63) is 71.6 Å². The van der Waals surface area contributed by atoms with Gasteiger partial charge in [-0.3, -0.25) is 25.2 Å². The number of carbonyl (C=O) groups is 3. The third-order valence-corrected chi connectivity index (χ3v) is 3.96. The summed E-state index contributed by atoms with van der Waals surface area (Å²) >= 11 is 0. The van der Waals surface area contributed by atoms with E-state index >= 15 is 0 Å². The molecule has 0 aliphatic heterocycles. The van der Waals surface area contributed by atoms with Crippen LogP contribution >= 0.6 is 0 Å². The molecule has 1 fully saturated rings. The maximum absolute atomic E-state index is 12.8. The summed E-state index contributed by atoms with van der Waals surface area (Å²) < 4.78 is 12.8. The van der Waals surface area contributed by atoms with E-state index in [4.69, 9.17) is 0 Å². The minimum Gasteiger partial charge on any atom is -0.326 e. The highest BCUT2D eigenvalue weighted by molar-refractivity contribution is 5.99. The second-order valence-corrected chi connectivity index (χ2v) is 6.17. The van der Waals surface area contributed by atoms with Gasteiger partial charge in [-0.1, -0.05) is 12.1 Å². The number of anilines is 1. The van der Waals surface area contributed by atoms with Crippen LogP contribution in [-0.4, -0.2) is 17.7 Å². The van der Waals surface area contributed by atoms with Crippen molar-refractivity contribution in [2.45, 2.75) is 12.8 Å². The Bertz CT molecular complexity index is 872. The fourth-order valence-corrected chi connectivity index (χ4v) is 2.27. The van der Waals surface area contributed by atoms with Crippen molar-refractivity contribution in [1.29, 1.82) is 0 Å². The molecule has 0 unspecified atom stereocenters. The first-order valence-electron chi connectivity index (χ1n) is 8.46. The van der Waals surface area contributed by atoms with Crippen LogP contribution in [0.1, 0.15) is 28.8 Å². The number of amides is 3. The van der Waals surface area contributed by atoms with Crippen LogP contribution in [0.2, 0.25) is 0 Å². The number of hydrogen-bond acceptors (Lipinski definition) is 3. The van der Waals surface area contributed by atoms with Crippen molar-refractivity contribution in [2.75, 3.05) is 5.32 Å². The molecular formula is C20H18FN3O3. The summed E-state index contributed by atoms with van der Waals surface area (Å²) in [6, 6.07) is 12.0. The summed E-state index contributed by atoms with van der Waals surface area (Å²) in [6.45, 7) is 0. The summed E-state index contributed by atoms with van der Waals surface area (Å²) in [5.41, 5.74) is 6.17. The van der Waals surface area contributed by atoms with Gasteiger partial charge in [-0.05, 0) is 60.9 Å². The molecule has 0 radical (unpaired) electrons. The highest BCUT2D eigenvalue weighted by atomic mass is 19.1. The first-order valence-corrected chi connectivity index (χ1v) is 8.46. The quantitative estimate of drug-likeness (QED) is 0.561. The Morgan fingerprint density at radius 2 is 1.59 bits per heavy atom. The third kappa shape index (κ3) is 5.50. The second kappa shape index (κ2) is 8.27. The minimum atomic E-state index is -0.527. The van der Waals surface area contributed by atoms with Crippen molar-refractivity contribution in [3.63, 3.8) is 0 Å². The summed E-state index contributed by atoms with van der Waals surface area (Å²) in [7, 11) is 0. The molecule has 0 saturated heterocycles. The fraction of sp³-hybridized carbons (Fsp3) is 0.150. The molecule has 1 saturated carbocycles. The molecule has 0 atom stereocenters. The summed E-state index contributed by atoms with van der Waals surface area (Å²) in [5, 5.41) is 2.78. The highest BCUT2D eigenvalue weighted by Crippen LogP contribution is 2.30. The lowest BCUT2D eigenvalue weighted by Gasteiger charge is -2.07. The van der Waals surface area contributed by atoms with Gasteiger partial charge in [0.15, 0.2) is 0 Å². The Morgan fingerprint density at radius 1 is 0.926 bits per heavy atom. The predicted octanol–water partition coefficient (Wildman–Crippen LogP) is 2.65. The van der Waals surface area contributed by atoms with E-state index in [9.17, 15) is 18.8 Å². The van der Waals surface area contributed by atoms with E-state index in [0.29, 0.717) is 16.8 Å². The first-order chi connectivity index (χ1) is 13.0. The Labute approximate surface area is 155 Å². The lowest BCUT2D eigenvalue weighted by atomic mass is 10.2. The molecule has 138 valence electrons. The van der Waals surface area contributed by atoms with Crippen LogP contribution in [-0.2, 0) is 9.59 Å². The molecule has 6 nitrogen and oxygen atoms in total. The van der Waals surface area contributed by atoms with Gasteiger partial charge in [-0.2, -0.15) is 0 Å². The predicted molar refractivity (Wildman–Crippen MR) is 98.8 cm³/mol. The van der Waals surface area contributed by atoms with Crippen LogP contribution in [0.5, 0.6) is 0 Å². The van der Waals surface area contributed by atoms with Gasteiger partial charge in [0, 0.05) is 23.2 Å². The molecule has 27 heavy (non-hydrogen) atoms. The molecule has 1 aliphatic rings. The number of halogens is 1. The monoisotopic (exact) mass is 367 g/mol. The number of hydrazine groups is 1. The summed E-state index contributed by atoms with van der Waals surface area (Å²) in [5.74, 6) is -1.28. The van der Waals surface area contributed by atoms with Crippen LogP contribution in [0, 0.1) is 11.7 Å². The number of carbonyl (C=O) groups excluding carboxylic acids is 3. The number of nitrogens with one attached hydrogen (secondary N) is 3. The molecule has 3 N–H and O–H groups in total. The Hall–Kier alpha value is -3.48. The van der Waals surface area contributed by atoms with Crippen LogP contribution in [0.3, 0.4) is 0 Å². The minimum absolute atomic E-state index is 0.00703. The average Bonchev–Trinajstić information content (AvgIpc) is 3.51. The van der Waals surface area contributed by atoms with E-state index in [-0.39, 0.29) is 17.6 Å². The van der Waals surface area contributed by atoms with Crippen LogP contribution in [0.4, 0.5) is 10.1 Å². The van der Waals surface area contributed by atoms with Gasteiger partial charge in [-0.25, -0.2) is 4.39 Å². The van der Waals surface area contributed by atoms with Gasteiger partial charge in [0.25, 0.3) is 11.8 Å². The zero-order valence-electron chi connectivity index (χ0n) is 14.4. The molecule has 0 heterocycles. The number of benzene rings is 2. The molecule has 3 amide bonds. The zero-order valence-corrected chi connectivity index (χ0v) is 14.4. The van der Waals surface area contributed by atoms with Gasteiger partial charge >= 0.3 is 0 Å². The van der Waals surface area contributed by atoms with Crippen LogP contribution in [0.15, 0.2) is 54.6 Å². The molecule has 0 spiro atoms. The normalized spacial score (nSPS) is 13.2. The van der Waals surface area contributed by atoms with E-state index in [0.717, 1.165) is 12.8 Å². The molecule has 0 bridgehead atoms. The van der Waals surface area contributed by atoms with E-state index in [2.05, 4.69) is 16.2 Å².